The summed E-state index contributed by atoms with van der Waals surface area (Å²) in [7, 11) is 0. The number of benzene rings is 1. The van der Waals surface area contributed by atoms with Crippen molar-refractivity contribution in [3.8, 4) is 5.75 Å². The predicted octanol–water partition coefficient (Wildman–Crippen LogP) is 5.26. The molecule has 1 fully saturated rings. The largest absolute Gasteiger partial charge is 0.492 e. The standard InChI is InChI=1S/C16H20Cl2O2/c1-6-20-12-8-10(17)9(7-11(12)18)13(19)14-15(2,3)16(14,4)5/h7-8,14H,6H2,1-5H3. The second-order valence-corrected chi connectivity index (χ2v) is 7.25. The number of rotatable bonds is 4. The second-order valence-electron chi connectivity index (χ2n) is 6.44. The Kier molecular flexibility index (Phi) is 3.85. The van der Waals surface area contributed by atoms with Gasteiger partial charge in [0.25, 0.3) is 0 Å². The van der Waals surface area contributed by atoms with E-state index in [0.29, 0.717) is 28.0 Å². The Hall–Kier alpha value is -0.730. The van der Waals surface area contributed by atoms with Crippen molar-refractivity contribution >= 4 is 29.0 Å². The first kappa shape index (κ1) is 15.7. The van der Waals surface area contributed by atoms with Crippen LogP contribution in [0.2, 0.25) is 10.0 Å². The third-order valence-corrected chi connectivity index (χ3v) is 5.48. The maximum Gasteiger partial charge on any atom is 0.168 e. The van der Waals surface area contributed by atoms with Gasteiger partial charge in [0, 0.05) is 17.5 Å². The van der Waals surface area contributed by atoms with Crippen LogP contribution in [0.15, 0.2) is 12.1 Å². The van der Waals surface area contributed by atoms with Crippen LogP contribution in [0.5, 0.6) is 5.75 Å². The van der Waals surface area contributed by atoms with Crippen molar-refractivity contribution < 1.29 is 9.53 Å². The van der Waals surface area contributed by atoms with E-state index in [2.05, 4.69) is 27.7 Å². The summed E-state index contributed by atoms with van der Waals surface area (Å²) in [6.45, 7) is 10.8. The molecule has 1 aromatic carbocycles. The van der Waals surface area contributed by atoms with E-state index in [4.69, 9.17) is 27.9 Å². The van der Waals surface area contributed by atoms with Crippen LogP contribution in [0.4, 0.5) is 0 Å². The average Bonchev–Trinajstić information content (AvgIpc) is 2.73. The van der Waals surface area contributed by atoms with Crippen LogP contribution in [-0.2, 0) is 0 Å². The lowest BCUT2D eigenvalue weighted by Gasteiger charge is -2.10. The lowest BCUT2D eigenvalue weighted by atomic mass is 10.0. The van der Waals surface area contributed by atoms with E-state index in [1.165, 1.54) is 0 Å². The molecule has 20 heavy (non-hydrogen) atoms. The third-order valence-electron chi connectivity index (χ3n) is 4.87. The molecule has 0 unspecified atom stereocenters. The summed E-state index contributed by atoms with van der Waals surface area (Å²) in [6.07, 6.45) is 0. The number of halogens is 2. The minimum absolute atomic E-state index is 0.0154. The molecule has 0 aliphatic heterocycles. The molecule has 0 radical (unpaired) electrons. The van der Waals surface area contributed by atoms with Gasteiger partial charge in [-0.1, -0.05) is 50.9 Å². The third kappa shape index (κ3) is 2.23. The van der Waals surface area contributed by atoms with Gasteiger partial charge in [0.1, 0.15) is 5.75 Å². The summed E-state index contributed by atoms with van der Waals surface area (Å²) in [5.41, 5.74) is 0.459. The molecule has 1 aliphatic rings. The van der Waals surface area contributed by atoms with Crippen molar-refractivity contribution in [2.24, 2.45) is 16.7 Å². The first-order valence-corrected chi connectivity index (χ1v) is 7.56. The van der Waals surface area contributed by atoms with E-state index in [0.717, 1.165) is 0 Å². The number of ketones is 1. The summed E-state index contributed by atoms with van der Waals surface area (Å²) in [5, 5.41) is 0.831. The van der Waals surface area contributed by atoms with Crippen LogP contribution in [0.1, 0.15) is 45.0 Å². The Balaban J connectivity index is 2.36. The number of Topliss-reactive ketones (excluding diaryl/α,β-unsaturated/α-hetero) is 1. The highest BCUT2D eigenvalue weighted by Crippen LogP contribution is 2.69. The summed E-state index contributed by atoms with van der Waals surface area (Å²) in [4.78, 5) is 12.7. The zero-order chi connectivity index (χ0) is 15.3. The number of carbonyl (C=O) groups is 1. The van der Waals surface area contributed by atoms with Crippen molar-refractivity contribution in [3.05, 3.63) is 27.7 Å². The highest BCUT2D eigenvalue weighted by Gasteiger charge is 2.68. The number of ether oxygens (including phenoxy) is 1. The molecule has 2 rings (SSSR count). The summed E-state index contributed by atoms with van der Waals surface area (Å²) >= 11 is 12.4. The highest BCUT2D eigenvalue weighted by atomic mass is 35.5. The highest BCUT2D eigenvalue weighted by molar-refractivity contribution is 6.37. The molecule has 0 aromatic heterocycles. The lowest BCUT2D eigenvalue weighted by Crippen LogP contribution is -2.08. The molecular formula is C16H20Cl2O2. The molecule has 0 bridgehead atoms. The van der Waals surface area contributed by atoms with E-state index in [9.17, 15) is 4.79 Å². The van der Waals surface area contributed by atoms with Crippen LogP contribution in [0, 0.1) is 16.7 Å². The van der Waals surface area contributed by atoms with E-state index in [-0.39, 0.29) is 22.5 Å². The quantitative estimate of drug-likeness (QED) is 0.709. The number of hydrogen-bond acceptors (Lipinski definition) is 2. The van der Waals surface area contributed by atoms with Crippen LogP contribution < -0.4 is 4.74 Å². The molecule has 0 amide bonds. The zero-order valence-corrected chi connectivity index (χ0v) is 14.0. The Labute approximate surface area is 130 Å². The Morgan fingerprint density at radius 1 is 1.15 bits per heavy atom. The van der Waals surface area contributed by atoms with Gasteiger partial charge in [-0.05, 0) is 23.8 Å². The molecule has 0 heterocycles. The molecule has 1 aromatic rings. The number of hydrogen-bond donors (Lipinski definition) is 0. The van der Waals surface area contributed by atoms with Crippen molar-refractivity contribution in [2.45, 2.75) is 34.6 Å². The molecular weight excluding hydrogens is 295 g/mol. The van der Waals surface area contributed by atoms with Gasteiger partial charge in [-0.3, -0.25) is 4.79 Å². The summed E-state index contributed by atoms with van der Waals surface area (Å²) < 4.78 is 5.38. The zero-order valence-electron chi connectivity index (χ0n) is 12.5. The molecule has 110 valence electrons. The van der Waals surface area contributed by atoms with E-state index in [1.807, 2.05) is 6.92 Å². The first-order valence-electron chi connectivity index (χ1n) is 6.80. The minimum atomic E-state index is -0.0264. The topological polar surface area (TPSA) is 26.3 Å². The van der Waals surface area contributed by atoms with Gasteiger partial charge in [0.15, 0.2) is 5.78 Å². The fraction of sp³-hybridized carbons (Fsp3) is 0.562. The first-order chi connectivity index (χ1) is 9.14. The van der Waals surface area contributed by atoms with Crippen molar-refractivity contribution in [1.82, 2.24) is 0 Å². The molecule has 0 spiro atoms. The van der Waals surface area contributed by atoms with Gasteiger partial charge >= 0.3 is 0 Å². The second kappa shape index (κ2) is 4.92. The minimum Gasteiger partial charge on any atom is -0.492 e. The van der Waals surface area contributed by atoms with Crippen LogP contribution >= 0.6 is 23.2 Å². The van der Waals surface area contributed by atoms with Crippen molar-refractivity contribution in [3.63, 3.8) is 0 Å². The van der Waals surface area contributed by atoms with Gasteiger partial charge in [0.05, 0.1) is 16.7 Å². The van der Waals surface area contributed by atoms with Crippen molar-refractivity contribution in [1.29, 1.82) is 0 Å². The van der Waals surface area contributed by atoms with Crippen LogP contribution in [-0.4, -0.2) is 12.4 Å². The van der Waals surface area contributed by atoms with Gasteiger partial charge in [-0.15, -0.1) is 0 Å². The van der Waals surface area contributed by atoms with E-state index in [1.54, 1.807) is 12.1 Å². The van der Waals surface area contributed by atoms with Crippen LogP contribution in [0.3, 0.4) is 0 Å². The number of carbonyl (C=O) groups excluding carboxylic acids is 1. The summed E-state index contributed by atoms with van der Waals surface area (Å²) in [5.74, 6) is 0.557. The maximum atomic E-state index is 12.7. The Morgan fingerprint density at radius 3 is 2.15 bits per heavy atom. The fourth-order valence-corrected chi connectivity index (χ4v) is 3.46. The normalized spacial score (nSPS) is 19.8. The SMILES string of the molecule is CCOc1cc(Cl)c(C(=O)C2C(C)(C)C2(C)C)cc1Cl. The van der Waals surface area contributed by atoms with E-state index < -0.39 is 0 Å². The average molecular weight is 315 g/mol. The molecule has 1 saturated carbocycles. The molecule has 1 aliphatic carbocycles. The van der Waals surface area contributed by atoms with Crippen molar-refractivity contribution in [2.75, 3.05) is 6.61 Å². The molecule has 4 heteroatoms. The molecule has 0 atom stereocenters. The predicted molar refractivity (Wildman–Crippen MR) is 83.0 cm³/mol. The van der Waals surface area contributed by atoms with Gasteiger partial charge in [-0.25, -0.2) is 0 Å². The Bertz CT molecular complexity index is 548. The maximum absolute atomic E-state index is 12.7. The van der Waals surface area contributed by atoms with Gasteiger partial charge < -0.3 is 4.74 Å². The molecule has 2 nitrogen and oxygen atoms in total. The van der Waals surface area contributed by atoms with Gasteiger partial charge in [0.2, 0.25) is 0 Å². The molecule has 0 N–H and O–H groups in total. The molecule has 0 saturated heterocycles. The monoisotopic (exact) mass is 314 g/mol. The summed E-state index contributed by atoms with van der Waals surface area (Å²) in [6, 6.07) is 3.25. The Morgan fingerprint density at radius 2 is 1.70 bits per heavy atom. The van der Waals surface area contributed by atoms with E-state index >= 15 is 0 Å². The smallest absolute Gasteiger partial charge is 0.168 e. The van der Waals surface area contributed by atoms with Crippen LogP contribution in [0.25, 0.3) is 0 Å². The lowest BCUT2D eigenvalue weighted by molar-refractivity contribution is 0.0945. The van der Waals surface area contributed by atoms with Gasteiger partial charge in [-0.2, -0.15) is 0 Å². The fourth-order valence-electron chi connectivity index (χ4n) is 2.99.